The number of amides is 4. The fourth-order valence-corrected chi connectivity index (χ4v) is 3.26. The van der Waals surface area contributed by atoms with Gasteiger partial charge >= 0.3 is 12.0 Å². The van der Waals surface area contributed by atoms with E-state index in [1.807, 2.05) is 0 Å². The van der Waals surface area contributed by atoms with Crippen molar-refractivity contribution in [1.29, 1.82) is 0 Å². The molecule has 0 bridgehead atoms. The molecule has 0 radical (unpaired) electrons. The summed E-state index contributed by atoms with van der Waals surface area (Å²) in [4.78, 5) is 49.5. The molecule has 0 aliphatic carbocycles. The number of carbonyl (C=O) groups excluding carboxylic acids is 3. The van der Waals surface area contributed by atoms with Crippen LogP contribution in [0.1, 0.15) is 16.8 Å². The van der Waals surface area contributed by atoms with E-state index in [1.54, 1.807) is 60.7 Å². The number of likely N-dealkylation sites (tertiary alicyclic amines) is 1. The lowest BCUT2D eigenvalue weighted by Crippen LogP contribution is -2.46. The largest absolute Gasteiger partial charge is 0.480 e. The second-order valence-corrected chi connectivity index (χ2v) is 6.85. The standard InChI is InChI=1S/C21H22N4O5/c26-18(12-22-21(30)24-15-9-5-2-6-10-15)25-13-16(11-17(25)20(28)29)23-19(27)14-7-3-1-4-8-14/h1-10,16-17H,11-13H2,(H,23,27)(H,28,29)(H2,22,24,30). The molecule has 0 saturated carbocycles. The summed E-state index contributed by atoms with van der Waals surface area (Å²) in [6, 6.07) is 15.1. The number of benzene rings is 2. The number of carboxylic acids is 1. The Bertz CT molecular complexity index is 920. The van der Waals surface area contributed by atoms with Gasteiger partial charge in [-0.1, -0.05) is 36.4 Å². The molecule has 1 aliphatic rings. The Hall–Kier alpha value is -3.88. The second kappa shape index (κ2) is 9.55. The molecule has 9 nitrogen and oxygen atoms in total. The van der Waals surface area contributed by atoms with E-state index in [-0.39, 0.29) is 25.4 Å². The molecule has 1 fully saturated rings. The molecule has 2 unspecified atom stereocenters. The third kappa shape index (κ3) is 5.34. The molecule has 4 amide bonds. The van der Waals surface area contributed by atoms with Crippen molar-refractivity contribution in [3.63, 3.8) is 0 Å². The van der Waals surface area contributed by atoms with Crippen molar-refractivity contribution in [3.05, 3.63) is 66.2 Å². The van der Waals surface area contributed by atoms with Crippen molar-refractivity contribution >= 4 is 29.5 Å². The molecule has 30 heavy (non-hydrogen) atoms. The van der Waals surface area contributed by atoms with E-state index in [0.717, 1.165) is 0 Å². The lowest BCUT2D eigenvalue weighted by molar-refractivity contribution is -0.147. The van der Waals surface area contributed by atoms with Crippen molar-refractivity contribution in [2.45, 2.75) is 18.5 Å². The fraction of sp³-hybridized carbons (Fsp3) is 0.238. The zero-order chi connectivity index (χ0) is 21.5. The zero-order valence-corrected chi connectivity index (χ0v) is 16.1. The molecule has 2 aromatic rings. The van der Waals surface area contributed by atoms with Gasteiger partial charge in [0.25, 0.3) is 5.91 Å². The maximum atomic E-state index is 12.5. The Morgan fingerprint density at radius 1 is 0.967 bits per heavy atom. The Kier molecular flexibility index (Phi) is 6.63. The molecule has 3 rings (SSSR count). The van der Waals surface area contributed by atoms with E-state index in [2.05, 4.69) is 16.0 Å². The van der Waals surface area contributed by atoms with Crippen LogP contribution in [0.2, 0.25) is 0 Å². The SMILES string of the molecule is O=C(NCC(=O)N1CC(NC(=O)c2ccccc2)CC1C(=O)O)Nc1ccccc1. The van der Waals surface area contributed by atoms with Gasteiger partial charge in [-0.2, -0.15) is 0 Å². The molecule has 2 atom stereocenters. The fourth-order valence-electron chi connectivity index (χ4n) is 3.26. The van der Waals surface area contributed by atoms with Gasteiger partial charge in [-0.25, -0.2) is 9.59 Å². The molecule has 1 aliphatic heterocycles. The summed E-state index contributed by atoms with van der Waals surface area (Å²) < 4.78 is 0. The van der Waals surface area contributed by atoms with Gasteiger partial charge in [-0.3, -0.25) is 9.59 Å². The molecule has 4 N–H and O–H groups in total. The van der Waals surface area contributed by atoms with E-state index < -0.39 is 30.0 Å². The highest BCUT2D eigenvalue weighted by Gasteiger charge is 2.40. The van der Waals surface area contributed by atoms with Crippen LogP contribution in [0.15, 0.2) is 60.7 Å². The first-order valence-electron chi connectivity index (χ1n) is 9.42. The number of nitrogens with one attached hydrogen (secondary N) is 3. The third-order valence-corrected chi connectivity index (χ3v) is 4.71. The van der Waals surface area contributed by atoms with Crippen LogP contribution in [0.3, 0.4) is 0 Å². The van der Waals surface area contributed by atoms with Crippen LogP contribution in [0.5, 0.6) is 0 Å². The number of nitrogens with zero attached hydrogens (tertiary/aromatic N) is 1. The van der Waals surface area contributed by atoms with Crippen molar-refractivity contribution < 1.29 is 24.3 Å². The van der Waals surface area contributed by atoms with Gasteiger partial charge in [0.05, 0.1) is 6.54 Å². The monoisotopic (exact) mass is 410 g/mol. The molecule has 0 aromatic heterocycles. The van der Waals surface area contributed by atoms with Gasteiger partial charge in [0.2, 0.25) is 5.91 Å². The Labute approximate surface area is 173 Å². The summed E-state index contributed by atoms with van der Waals surface area (Å²) in [6.07, 6.45) is 0.0931. The van der Waals surface area contributed by atoms with Crippen LogP contribution >= 0.6 is 0 Å². The summed E-state index contributed by atoms with van der Waals surface area (Å²) >= 11 is 0. The van der Waals surface area contributed by atoms with Crippen LogP contribution in [0, 0.1) is 0 Å². The van der Waals surface area contributed by atoms with E-state index in [1.165, 1.54) is 4.90 Å². The predicted molar refractivity (Wildman–Crippen MR) is 109 cm³/mol. The number of hydrogen-bond donors (Lipinski definition) is 4. The zero-order valence-electron chi connectivity index (χ0n) is 16.1. The number of rotatable bonds is 6. The van der Waals surface area contributed by atoms with Crippen molar-refractivity contribution in [1.82, 2.24) is 15.5 Å². The number of hydrogen-bond acceptors (Lipinski definition) is 4. The molecule has 1 saturated heterocycles. The maximum Gasteiger partial charge on any atom is 0.326 e. The second-order valence-electron chi connectivity index (χ2n) is 6.85. The van der Waals surface area contributed by atoms with Gasteiger partial charge in [-0.05, 0) is 24.3 Å². The van der Waals surface area contributed by atoms with Gasteiger partial charge in [0.1, 0.15) is 6.04 Å². The average Bonchev–Trinajstić information content (AvgIpc) is 3.17. The number of urea groups is 1. The van der Waals surface area contributed by atoms with Crippen LogP contribution < -0.4 is 16.0 Å². The number of carboxylic acid groups (broad SMARTS) is 1. The third-order valence-electron chi connectivity index (χ3n) is 4.71. The number of aliphatic carboxylic acids is 1. The highest BCUT2D eigenvalue weighted by atomic mass is 16.4. The molecule has 156 valence electrons. The molecule has 1 heterocycles. The van der Waals surface area contributed by atoms with E-state index >= 15 is 0 Å². The minimum Gasteiger partial charge on any atom is -0.480 e. The average molecular weight is 410 g/mol. The van der Waals surface area contributed by atoms with Gasteiger partial charge in [0, 0.05) is 30.3 Å². The van der Waals surface area contributed by atoms with Crippen LogP contribution in [-0.4, -0.2) is 59.0 Å². The molecule has 9 heteroatoms. The van der Waals surface area contributed by atoms with Crippen molar-refractivity contribution in [2.75, 3.05) is 18.4 Å². The first-order chi connectivity index (χ1) is 14.4. The highest BCUT2D eigenvalue weighted by Crippen LogP contribution is 2.19. The van der Waals surface area contributed by atoms with Gasteiger partial charge in [0.15, 0.2) is 0 Å². The molecular formula is C21H22N4O5. The van der Waals surface area contributed by atoms with Crippen molar-refractivity contribution in [2.24, 2.45) is 0 Å². The lowest BCUT2D eigenvalue weighted by Gasteiger charge is -2.21. The minimum atomic E-state index is -1.16. The minimum absolute atomic E-state index is 0.0519. The summed E-state index contributed by atoms with van der Waals surface area (Å²) in [7, 11) is 0. The van der Waals surface area contributed by atoms with Crippen LogP contribution in [0.4, 0.5) is 10.5 Å². The van der Waals surface area contributed by atoms with Gasteiger partial charge < -0.3 is 26.0 Å². The summed E-state index contributed by atoms with van der Waals surface area (Å²) in [5.74, 6) is -2.03. The van der Waals surface area contributed by atoms with Crippen LogP contribution in [0.25, 0.3) is 0 Å². The highest BCUT2D eigenvalue weighted by molar-refractivity contribution is 5.95. The quantitative estimate of drug-likeness (QED) is 0.571. The molecule has 0 spiro atoms. The van der Waals surface area contributed by atoms with Gasteiger partial charge in [-0.15, -0.1) is 0 Å². The Morgan fingerprint density at radius 3 is 2.23 bits per heavy atom. The topological polar surface area (TPSA) is 128 Å². The van der Waals surface area contributed by atoms with E-state index in [4.69, 9.17) is 0 Å². The van der Waals surface area contributed by atoms with Crippen molar-refractivity contribution in [3.8, 4) is 0 Å². The van der Waals surface area contributed by atoms with E-state index in [9.17, 15) is 24.3 Å². The summed E-state index contributed by atoms with van der Waals surface area (Å²) in [5.41, 5.74) is 1.02. The van der Waals surface area contributed by atoms with Crippen LogP contribution in [-0.2, 0) is 9.59 Å². The number of carbonyl (C=O) groups is 4. The summed E-state index contributed by atoms with van der Waals surface area (Å²) in [5, 5.41) is 17.2. The smallest absolute Gasteiger partial charge is 0.326 e. The maximum absolute atomic E-state index is 12.5. The predicted octanol–water partition coefficient (Wildman–Crippen LogP) is 1.29. The normalized spacial score (nSPS) is 17.8. The number of para-hydroxylation sites is 1. The Morgan fingerprint density at radius 2 is 1.60 bits per heavy atom. The summed E-state index contributed by atoms with van der Waals surface area (Å²) in [6.45, 7) is -0.307. The number of anilines is 1. The first-order valence-corrected chi connectivity index (χ1v) is 9.42. The molecular weight excluding hydrogens is 388 g/mol. The first kappa shape index (κ1) is 20.8. The lowest BCUT2D eigenvalue weighted by atomic mass is 10.1. The Balaban J connectivity index is 1.55. The van der Waals surface area contributed by atoms with E-state index in [0.29, 0.717) is 11.3 Å². The molecule has 2 aromatic carbocycles.